The third kappa shape index (κ3) is 5.55. The number of methoxy groups -OCH3 is 1. The molecular formula is C29H36Cl2FN3O4. The highest BCUT2D eigenvalue weighted by Crippen LogP contribution is 2.59. The zero-order valence-electron chi connectivity index (χ0n) is 22.9. The minimum atomic E-state index is -1.27. The minimum Gasteiger partial charge on any atom is -0.382 e. The third-order valence-corrected chi connectivity index (χ3v) is 8.21. The van der Waals surface area contributed by atoms with Crippen LogP contribution >= 0.6 is 23.2 Å². The molecule has 2 N–H and O–H groups in total. The number of fused-ring (bicyclic) bond motifs is 2. The molecule has 4 atom stereocenters. The maximum Gasteiger partial charge on any atom is 0.238 e. The van der Waals surface area contributed by atoms with Gasteiger partial charge < -0.3 is 20.1 Å². The zero-order chi connectivity index (χ0) is 28.5. The molecule has 2 amide bonds. The molecule has 1 saturated heterocycles. The second-order valence-electron chi connectivity index (χ2n) is 11.4. The van der Waals surface area contributed by atoms with Gasteiger partial charge in [0.2, 0.25) is 11.8 Å². The van der Waals surface area contributed by atoms with Gasteiger partial charge in [-0.2, -0.15) is 0 Å². The summed E-state index contributed by atoms with van der Waals surface area (Å²) < 4.78 is 26.3. The first-order chi connectivity index (χ1) is 18.4. The number of ether oxygens (including phenoxy) is 2. The van der Waals surface area contributed by atoms with Crippen LogP contribution < -0.4 is 10.6 Å². The van der Waals surface area contributed by atoms with Gasteiger partial charge in [0.1, 0.15) is 11.2 Å². The Labute approximate surface area is 239 Å². The highest BCUT2D eigenvalue weighted by Gasteiger charge is 2.68. The zero-order valence-corrected chi connectivity index (χ0v) is 24.5. The lowest BCUT2D eigenvalue weighted by molar-refractivity contribution is -0.126. The standard InChI is InChI=1S/C29H36Cl2FN3O4/c1-28(2,3)16-22-29(19-10-9-17(30)15-21(19)34-27(29)37)23(18-7-6-8-20(31)24(18)32)25(35(22)4)26(36)33-11-12-39-14-13-38-5/h6-10,15,22-23,25H,11-14,16H2,1-5H3,(H,33,36)(H,34,37). The topological polar surface area (TPSA) is 79.9 Å². The number of hydrogen-bond acceptors (Lipinski definition) is 5. The van der Waals surface area contributed by atoms with Crippen LogP contribution in [-0.4, -0.2) is 69.3 Å². The first-order valence-corrected chi connectivity index (χ1v) is 13.8. The molecule has 212 valence electrons. The van der Waals surface area contributed by atoms with E-state index in [1.807, 2.05) is 18.0 Å². The van der Waals surface area contributed by atoms with E-state index in [2.05, 4.69) is 31.4 Å². The number of likely N-dealkylation sites (tertiary alicyclic amines) is 1. The largest absolute Gasteiger partial charge is 0.382 e. The fraction of sp³-hybridized carbons (Fsp3) is 0.517. The Kier molecular flexibility index (Phi) is 8.93. The summed E-state index contributed by atoms with van der Waals surface area (Å²) in [6.07, 6.45) is 0.571. The van der Waals surface area contributed by atoms with Gasteiger partial charge in [0, 0.05) is 36.3 Å². The monoisotopic (exact) mass is 579 g/mol. The van der Waals surface area contributed by atoms with Crippen molar-refractivity contribution in [2.24, 2.45) is 5.41 Å². The number of likely N-dealkylation sites (N-methyl/N-ethyl adjacent to an activating group) is 1. The molecule has 7 nitrogen and oxygen atoms in total. The van der Waals surface area contributed by atoms with E-state index in [9.17, 15) is 9.59 Å². The molecular weight excluding hydrogens is 544 g/mol. The maximum atomic E-state index is 15.8. The van der Waals surface area contributed by atoms with Crippen LogP contribution in [0.25, 0.3) is 0 Å². The number of benzene rings is 2. The number of rotatable bonds is 9. The molecule has 0 bridgehead atoms. The summed E-state index contributed by atoms with van der Waals surface area (Å²) in [5.74, 6) is -2.11. The molecule has 39 heavy (non-hydrogen) atoms. The number of halogens is 3. The van der Waals surface area contributed by atoms with Gasteiger partial charge in [-0.25, -0.2) is 4.39 Å². The predicted molar refractivity (Wildman–Crippen MR) is 151 cm³/mol. The summed E-state index contributed by atoms with van der Waals surface area (Å²) in [7, 11) is 3.42. The van der Waals surface area contributed by atoms with Crippen LogP contribution in [0, 0.1) is 11.2 Å². The van der Waals surface area contributed by atoms with Gasteiger partial charge in [-0.15, -0.1) is 0 Å². The molecule has 0 radical (unpaired) electrons. The Balaban J connectivity index is 1.87. The molecule has 1 spiro atoms. The van der Waals surface area contributed by atoms with E-state index in [-0.39, 0.29) is 34.4 Å². The van der Waals surface area contributed by atoms with Crippen LogP contribution in [0.5, 0.6) is 0 Å². The molecule has 2 aliphatic rings. The van der Waals surface area contributed by atoms with Crippen molar-refractivity contribution in [2.45, 2.75) is 50.6 Å². The van der Waals surface area contributed by atoms with Crippen molar-refractivity contribution in [3.8, 4) is 0 Å². The fourth-order valence-corrected chi connectivity index (χ4v) is 6.52. The van der Waals surface area contributed by atoms with Gasteiger partial charge in [-0.05, 0) is 48.2 Å². The quantitative estimate of drug-likeness (QED) is 0.408. The summed E-state index contributed by atoms with van der Waals surface area (Å²) in [6, 6.07) is 8.69. The average Bonchev–Trinajstić information content (AvgIpc) is 3.28. The normalized spacial score (nSPS) is 24.7. The molecule has 10 heteroatoms. The van der Waals surface area contributed by atoms with Crippen LogP contribution in [0.4, 0.5) is 10.1 Å². The Bertz CT molecular complexity index is 1240. The Hall–Kier alpha value is -2.23. The van der Waals surface area contributed by atoms with E-state index < -0.39 is 29.2 Å². The summed E-state index contributed by atoms with van der Waals surface area (Å²) in [5.41, 5.74) is 0.00436. The molecule has 1 fully saturated rings. The van der Waals surface area contributed by atoms with E-state index in [4.69, 9.17) is 32.7 Å². The van der Waals surface area contributed by atoms with Gasteiger partial charge in [-0.3, -0.25) is 14.5 Å². The lowest BCUT2D eigenvalue weighted by Gasteiger charge is -2.39. The lowest BCUT2D eigenvalue weighted by Crippen LogP contribution is -2.50. The predicted octanol–water partition coefficient (Wildman–Crippen LogP) is 5.00. The van der Waals surface area contributed by atoms with Crippen molar-refractivity contribution in [3.63, 3.8) is 0 Å². The average molecular weight is 581 g/mol. The summed E-state index contributed by atoms with van der Waals surface area (Å²) >= 11 is 12.6. The molecule has 2 aromatic rings. The van der Waals surface area contributed by atoms with Crippen LogP contribution in [-0.2, 0) is 24.5 Å². The number of carbonyl (C=O) groups is 2. The second kappa shape index (κ2) is 11.7. The fourth-order valence-electron chi connectivity index (χ4n) is 6.17. The Morgan fingerprint density at radius 2 is 1.92 bits per heavy atom. The van der Waals surface area contributed by atoms with Crippen molar-refractivity contribution in [2.75, 3.05) is 45.8 Å². The van der Waals surface area contributed by atoms with E-state index in [1.165, 1.54) is 6.07 Å². The molecule has 2 aromatic carbocycles. The Morgan fingerprint density at radius 1 is 1.18 bits per heavy atom. The second-order valence-corrected chi connectivity index (χ2v) is 12.3. The van der Waals surface area contributed by atoms with Gasteiger partial charge >= 0.3 is 0 Å². The van der Waals surface area contributed by atoms with E-state index >= 15 is 4.39 Å². The molecule has 0 aromatic heterocycles. The van der Waals surface area contributed by atoms with Gasteiger partial charge in [0.15, 0.2) is 0 Å². The number of anilines is 1. The van der Waals surface area contributed by atoms with E-state index in [1.54, 1.807) is 31.4 Å². The number of nitrogens with one attached hydrogen (secondary N) is 2. The number of nitrogens with zero attached hydrogens (tertiary/aromatic N) is 1. The Morgan fingerprint density at radius 3 is 2.62 bits per heavy atom. The van der Waals surface area contributed by atoms with Gasteiger partial charge in [0.25, 0.3) is 0 Å². The van der Waals surface area contributed by atoms with Gasteiger partial charge in [-0.1, -0.05) is 62.2 Å². The van der Waals surface area contributed by atoms with Crippen molar-refractivity contribution in [1.29, 1.82) is 0 Å². The SMILES string of the molecule is COCCOCCNC(=O)C1C(c2cccc(Cl)c2F)C2(C(=O)Nc3cc(Cl)ccc32)C(CC(C)(C)C)N1C. The van der Waals surface area contributed by atoms with Crippen LogP contribution in [0.3, 0.4) is 0 Å². The summed E-state index contributed by atoms with van der Waals surface area (Å²) in [6.45, 7) is 7.66. The van der Waals surface area contributed by atoms with Crippen LogP contribution in [0.15, 0.2) is 36.4 Å². The molecule has 4 unspecified atom stereocenters. The minimum absolute atomic E-state index is 0.0648. The van der Waals surface area contributed by atoms with Crippen molar-refractivity contribution in [3.05, 3.63) is 63.4 Å². The highest BCUT2D eigenvalue weighted by atomic mass is 35.5. The first-order valence-electron chi connectivity index (χ1n) is 13.0. The van der Waals surface area contributed by atoms with Crippen molar-refractivity contribution >= 4 is 40.7 Å². The first kappa shape index (κ1) is 29.7. The van der Waals surface area contributed by atoms with E-state index in [0.717, 1.165) is 0 Å². The highest BCUT2D eigenvalue weighted by molar-refractivity contribution is 6.31. The van der Waals surface area contributed by atoms with E-state index in [0.29, 0.717) is 42.5 Å². The molecule has 2 heterocycles. The van der Waals surface area contributed by atoms with Crippen LogP contribution in [0.1, 0.15) is 44.2 Å². The number of amides is 2. The van der Waals surface area contributed by atoms with Crippen LogP contribution in [0.2, 0.25) is 10.0 Å². The smallest absolute Gasteiger partial charge is 0.238 e. The van der Waals surface area contributed by atoms with Crippen molar-refractivity contribution < 1.29 is 23.5 Å². The lowest BCUT2D eigenvalue weighted by atomic mass is 9.62. The molecule has 0 aliphatic carbocycles. The van der Waals surface area contributed by atoms with Gasteiger partial charge in [0.05, 0.1) is 30.9 Å². The van der Waals surface area contributed by atoms with Crippen molar-refractivity contribution in [1.82, 2.24) is 10.2 Å². The number of carbonyl (C=O) groups excluding carboxylic acids is 2. The molecule has 2 aliphatic heterocycles. The maximum absolute atomic E-state index is 15.8. The number of hydrogen-bond donors (Lipinski definition) is 2. The molecule has 4 rings (SSSR count). The molecule has 0 saturated carbocycles. The summed E-state index contributed by atoms with van der Waals surface area (Å²) in [4.78, 5) is 30.1. The third-order valence-electron chi connectivity index (χ3n) is 7.68. The summed E-state index contributed by atoms with van der Waals surface area (Å²) in [5, 5.41) is 6.36.